The van der Waals surface area contributed by atoms with Gasteiger partial charge in [-0.2, -0.15) is 0 Å². The molecule has 12 heteroatoms. The summed E-state index contributed by atoms with van der Waals surface area (Å²) >= 11 is 17.0. The molecular formula is C37H29BrCl2N2O6S. The molecule has 1 aromatic heterocycles. The molecule has 1 atom stereocenters. The number of benzene rings is 4. The van der Waals surface area contributed by atoms with Crippen molar-refractivity contribution in [2.45, 2.75) is 19.6 Å². The van der Waals surface area contributed by atoms with Gasteiger partial charge < -0.3 is 18.9 Å². The van der Waals surface area contributed by atoms with E-state index in [0.29, 0.717) is 57.9 Å². The molecule has 0 bridgehead atoms. The third kappa shape index (κ3) is 7.19. The summed E-state index contributed by atoms with van der Waals surface area (Å²) < 4.78 is 25.3. The number of halogens is 3. The fourth-order valence-corrected chi connectivity index (χ4v) is 7.28. The number of aromatic nitrogens is 1. The number of rotatable bonds is 10. The van der Waals surface area contributed by atoms with Gasteiger partial charge in [-0.05, 0) is 82.0 Å². The molecule has 250 valence electrons. The highest BCUT2D eigenvalue weighted by Gasteiger charge is 2.35. The fourth-order valence-electron chi connectivity index (χ4n) is 5.44. The number of thiazole rings is 1. The van der Waals surface area contributed by atoms with Gasteiger partial charge >= 0.3 is 5.97 Å². The molecule has 6 rings (SSSR count). The monoisotopic (exact) mass is 778 g/mol. The molecule has 0 unspecified atom stereocenters. The van der Waals surface area contributed by atoms with E-state index in [9.17, 15) is 9.59 Å². The Morgan fingerprint density at radius 3 is 2.39 bits per heavy atom. The molecular weight excluding hydrogens is 751 g/mol. The molecule has 0 saturated heterocycles. The highest BCUT2D eigenvalue weighted by Crippen LogP contribution is 2.38. The van der Waals surface area contributed by atoms with Crippen LogP contribution in [0.25, 0.3) is 11.8 Å². The first-order chi connectivity index (χ1) is 23.7. The number of carbonyl (C=O) groups excluding carboxylic acids is 1. The van der Waals surface area contributed by atoms with Crippen LogP contribution in [0.4, 0.5) is 0 Å². The van der Waals surface area contributed by atoms with Crippen molar-refractivity contribution in [1.82, 2.24) is 4.57 Å². The Morgan fingerprint density at radius 1 is 0.939 bits per heavy atom. The molecule has 0 spiro atoms. The predicted molar refractivity (Wildman–Crippen MR) is 196 cm³/mol. The van der Waals surface area contributed by atoms with Crippen LogP contribution in [-0.4, -0.2) is 31.4 Å². The molecule has 0 N–H and O–H groups in total. The summed E-state index contributed by atoms with van der Waals surface area (Å²) in [6, 6.07) is 24.7. The van der Waals surface area contributed by atoms with E-state index in [4.69, 9.17) is 47.1 Å². The average Bonchev–Trinajstić information content (AvgIpc) is 3.42. The Hall–Kier alpha value is -4.35. The van der Waals surface area contributed by atoms with E-state index in [-0.39, 0.29) is 24.3 Å². The minimum atomic E-state index is -0.864. The second-order valence-electron chi connectivity index (χ2n) is 10.8. The van der Waals surface area contributed by atoms with Crippen LogP contribution in [0.15, 0.2) is 105 Å². The highest BCUT2D eigenvalue weighted by molar-refractivity contribution is 9.10. The van der Waals surface area contributed by atoms with Crippen LogP contribution in [0.1, 0.15) is 35.2 Å². The van der Waals surface area contributed by atoms with Gasteiger partial charge in [-0.3, -0.25) is 9.36 Å². The van der Waals surface area contributed by atoms with Crippen LogP contribution in [-0.2, 0) is 16.1 Å². The van der Waals surface area contributed by atoms with Crippen molar-refractivity contribution in [2.75, 3.05) is 20.8 Å². The van der Waals surface area contributed by atoms with E-state index >= 15 is 0 Å². The zero-order valence-corrected chi connectivity index (χ0v) is 30.5. The molecule has 0 aliphatic carbocycles. The SMILES string of the molecule is CCOC(=O)C1=C(c2ccccc2)N=c2s/c(=C\c3ccc(OCc4ccc(Cl)c(Cl)c4)c(Br)c3)c(=O)n2[C@H]1c1ccc(OC)c(OC)c1. The second kappa shape index (κ2) is 15.0. The van der Waals surface area contributed by atoms with Crippen LogP contribution in [0.5, 0.6) is 17.2 Å². The summed E-state index contributed by atoms with van der Waals surface area (Å²) in [5.74, 6) is 1.01. The second-order valence-corrected chi connectivity index (χ2v) is 13.5. The fraction of sp³-hybridized carbons (Fsp3) is 0.162. The van der Waals surface area contributed by atoms with Gasteiger partial charge in [0.25, 0.3) is 5.56 Å². The summed E-state index contributed by atoms with van der Waals surface area (Å²) in [6.07, 6.45) is 1.79. The normalized spacial score (nSPS) is 14.2. The average molecular weight is 781 g/mol. The zero-order chi connectivity index (χ0) is 34.7. The molecule has 1 aliphatic heterocycles. The summed E-state index contributed by atoms with van der Waals surface area (Å²) in [5.41, 5.74) is 3.33. The number of nitrogens with zero attached hydrogens (tertiary/aromatic N) is 2. The lowest BCUT2D eigenvalue weighted by Gasteiger charge is -2.26. The molecule has 0 radical (unpaired) electrons. The van der Waals surface area contributed by atoms with E-state index in [2.05, 4.69) is 15.9 Å². The topological polar surface area (TPSA) is 88.4 Å². The first-order valence-corrected chi connectivity index (χ1v) is 17.5. The number of ether oxygens (including phenoxy) is 4. The van der Waals surface area contributed by atoms with Gasteiger partial charge in [0, 0.05) is 5.56 Å². The lowest BCUT2D eigenvalue weighted by atomic mass is 9.93. The van der Waals surface area contributed by atoms with Crippen LogP contribution in [0.3, 0.4) is 0 Å². The highest BCUT2D eigenvalue weighted by atomic mass is 79.9. The molecule has 8 nitrogen and oxygen atoms in total. The smallest absolute Gasteiger partial charge is 0.338 e. The van der Waals surface area contributed by atoms with Gasteiger partial charge in [-0.15, -0.1) is 0 Å². The Kier molecular flexibility index (Phi) is 10.6. The van der Waals surface area contributed by atoms with Crippen molar-refractivity contribution in [3.8, 4) is 17.2 Å². The molecule has 0 fully saturated rings. The molecule has 4 aromatic carbocycles. The predicted octanol–water partition coefficient (Wildman–Crippen LogP) is 7.60. The van der Waals surface area contributed by atoms with Crippen molar-refractivity contribution < 1.29 is 23.7 Å². The molecule has 0 amide bonds. The Labute approximate surface area is 304 Å². The molecule has 5 aromatic rings. The van der Waals surface area contributed by atoms with Gasteiger partial charge in [0.1, 0.15) is 12.4 Å². The van der Waals surface area contributed by atoms with Gasteiger partial charge in [0.2, 0.25) is 0 Å². The quantitative estimate of drug-likeness (QED) is 0.136. The summed E-state index contributed by atoms with van der Waals surface area (Å²) in [4.78, 5) is 33.4. The largest absolute Gasteiger partial charge is 0.493 e. The first kappa shape index (κ1) is 34.5. The summed E-state index contributed by atoms with van der Waals surface area (Å²) in [6.45, 7) is 2.18. The molecule has 0 saturated carbocycles. The first-order valence-electron chi connectivity index (χ1n) is 15.1. The van der Waals surface area contributed by atoms with Crippen molar-refractivity contribution in [1.29, 1.82) is 0 Å². The van der Waals surface area contributed by atoms with Crippen LogP contribution >= 0.6 is 50.5 Å². The van der Waals surface area contributed by atoms with E-state index in [1.54, 1.807) is 48.9 Å². The molecule has 1 aliphatic rings. The molecule has 2 heterocycles. The van der Waals surface area contributed by atoms with E-state index in [1.165, 1.54) is 18.4 Å². The van der Waals surface area contributed by atoms with Crippen molar-refractivity contribution in [3.63, 3.8) is 0 Å². The third-order valence-electron chi connectivity index (χ3n) is 7.73. The van der Waals surface area contributed by atoms with Crippen molar-refractivity contribution >= 4 is 68.2 Å². The Balaban J connectivity index is 1.47. The number of hydrogen-bond donors (Lipinski definition) is 0. The number of hydrogen-bond acceptors (Lipinski definition) is 8. The van der Waals surface area contributed by atoms with Crippen LogP contribution in [0.2, 0.25) is 10.0 Å². The number of esters is 1. The Bertz CT molecular complexity index is 2270. The van der Waals surface area contributed by atoms with E-state index < -0.39 is 12.0 Å². The summed E-state index contributed by atoms with van der Waals surface area (Å²) in [7, 11) is 3.08. The lowest BCUT2D eigenvalue weighted by Crippen LogP contribution is -2.40. The molecule has 49 heavy (non-hydrogen) atoms. The number of methoxy groups -OCH3 is 2. The standard InChI is InChI=1S/C37H29BrCl2N2O6S/c1-4-47-36(44)32-33(23-8-6-5-7-9-23)41-37-42(34(32)24-12-15-29(45-2)30(19-24)46-3)35(43)31(49-37)18-21-11-14-28(25(38)16-21)48-20-22-10-13-26(39)27(40)17-22/h5-19,34H,4,20H2,1-3H3/b31-18-/t34-/m0/s1. The van der Waals surface area contributed by atoms with Gasteiger partial charge in [0.05, 0.1) is 57.2 Å². The zero-order valence-electron chi connectivity index (χ0n) is 26.5. The van der Waals surface area contributed by atoms with E-state index in [0.717, 1.165) is 11.1 Å². The van der Waals surface area contributed by atoms with E-state index in [1.807, 2.05) is 60.7 Å². The minimum absolute atomic E-state index is 0.148. The minimum Gasteiger partial charge on any atom is -0.493 e. The van der Waals surface area contributed by atoms with Gasteiger partial charge in [0.15, 0.2) is 16.3 Å². The maximum absolute atomic E-state index is 14.3. The maximum atomic E-state index is 14.3. The third-order valence-corrected chi connectivity index (χ3v) is 10.1. The number of carbonyl (C=O) groups is 1. The van der Waals surface area contributed by atoms with Gasteiger partial charge in [-0.25, -0.2) is 9.79 Å². The lowest BCUT2D eigenvalue weighted by molar-refractivity contribution is -0.138. The Morgan fingerprint density at radius 2 is 1.69 bits per heavy atom. The van der Waals surface area contributed by atoms with Crippen molar-refractivity contribution in [3.05, 3.63) is 147 Å². The van der Waals surface area contributed by atoms with Crippen LogP contribution < -0.4 is 29.1 Å². The van der Waals surface area contributed by atoms with Gasteiger partial charge in [-0.1, -0.05) is 83.1 Å². The summed E-state index contributed by atoms with van der Waals surface area (Å²) in [5, 5.41) is 0.932. The van der Waals surface area contributed by atoms with Crippen LogP contribution in [0, 0.1) is 0 Å². The number of fused-ring (bicyclic) bond motifs is 1. The maximum Gasteiger partial charge on any atom is 0.338 e. The van der Waals surface area contributed by atoms with Crippen molar-refractivity contribution in [2.24, 2.45) is 4.99 Å².